The molecule has 1 atom stereocenters. The predicted molar refractivity (Wildman–Crippen MR) is 77.4 cm³/mol. The second-order valence-corrected chi connectivity index (χ2v) is 5.41. The number of halogens is 1. The monoisotopic (exact) mass is 284 g/mol. The van der Waals surface area contributed by atoms with Crippen molar-refractivity contribution in [2.45, 2.75) is 45.4 Å². The quantitative estimate of drug-likeness (QED) is 0.840. The molecule has 0 saturated carbocycles. The zero-order valence-corrected chi connectivity index (χ0v) is 12.6. The molecule has 1 N–H and O–H groups in total. The van der Waals surface area contributed by atoms with Crippen molar-refractivity contribution in [3.8, 4) is 5.75 Å². The van der Waals surface area contributed by atoms with Gasteiger partial charge in [-0.05, 0) is 41.5 Å². The minimum Gasteiger partial charge on any atom is -0.496 e. The molecule has 1 aromatic rings. The van der Waals surface area contributed by atoms with Crippen LogP contribution in [-0.2, 0) is 4.79 Å². The molecule has 4 heteroatoms. The van der Waals surface area contributed by atoms with E-state index in [1.54, 1.807) is 7.11 Å². The van der Waals surface area contributed by atoms with Gasteiger partial charge < -0.3 is 9.84 Å². The van der Waals surface area contributed by atoms with Crippen LogP contribution in [0.2, 0.25) is 5.02 Å². The van der Waals surface area contributed by atoms with Crippen LogP contribution in [0.5, 0.6) is 5.75 Å². The highest BCUT2D eigenvalue weighted by molar-refractivity contribution is 6.30. The lowest BCUT2D eigenvalue weighted by atomic mass is 9.88. The molecular weight excluding hydrogens is 264 g/mol. The molecule has 0 amide bonds. The highest BCUT2D eigenvalue weighted by atomic mass is 35.5. The van der Waals surface area contributed by atoms with E-state index in [1.807, 2.05) is 19.1 Å². The van der Waals surface area contributed by atoms with Gasteiger partial charge in [0.1, 0.15) is 5.75 Å². The molecule has 106 valence electrons. The van der Waals surface area contributed by atoms with E-state index in [2.05, 4.69) is 13.8 Å². The summed E-state index contributed by atoms with van der Waals surface area (Å²) in [4.78, 5) is 11.0. The zero-order chi connectivity index (χ0) is 14.6. The van der Waals surface area contributed by atoms with Crippen molar-refractivity contribution in [2.24, 2.45) is 0 Å². The van der Waals surface area contributed by atoms with Crippen LogP contribution in [-0.4, -0.2) is 18.2 Å². The lowest BCUT2D eigenvalue weighted by Crippen LogP contribution is -2.09. The molecule has 1 rings (SSSR count). The average Bonchev–Trinajstić information content (AvgIpc) is 2.34. The summed E-state index contributed by atoms with van der Waals surface area (Å²) in [5.41, 5.74) is 1.91. The number of carboxylic acid groups (broad SMARTS) is 1. The van der Waals surface area contributed by atoms with Crippen LogP contribution in [0.25, 0.3) is 0 Å². The fraction of sp³-hybridized carbons (Fsp3) is 0.533. The third-order valence-corrected chi connectivity index (χ3v) is 3.51. The molecule has 0 saturated heterocycles. The maximum atomic E-state index is 11.0. The predicted octanol–water partition coefficient (Wildman–Crippen LogP) is 4.44. The van der Waals surface area contributed by atoms with Gasteiger partial charge in [-0.15, -0.1) is 0 Å². The van der Waals surface area contributed by atoms with Crippen molar-refractivity contribution in [1.82, 2.24) is 0 Å². The van der Waals surface area contributed by atoms with Gasteiger partial charge in [-0.25, -0.2) is 0 Å². The Hall–Kier alpha value is -1.22. The maximum absolute atomic E-state index is 11.0. The standard InChI is InChI=1S/C15H21ClO3/c1-5-10(6-14(17)18)13-8-11(16)7-12(9(2)3)15(13)19-4/h7-10H,5-6H2,1-4H3,(H,17,18). The number of hydrogen-bond donors (Lipinski definition) is 1. The first-order chi connectivity index (χ1) is 8.90. The molecule has 0 aliphatic carbocycles. The summed E-state index contributed by atoms with van der Waals surface area (Å²) >= 11 is 6.16. The highest BCUT2D eigenvalue weighted by Crippen LogP contribution is 2.39. The molecular formula is C15H21ClO3. The molecule has 0 radical (unpaired) electrons. The van der Waals surface area contributed by atoms with Crippen LogP contribution in [0.1, 0.15) is 56.6 Å². The van der Waals surface area contributed by atoms with E-state index in [-0.39, 0.29) is 18.3 Å². The molecule has 1 unspecified atom stereocenters. The molecule has 0 fully saturated rings. The third-order valence-electron chi connectivity index (χ3n) is 3.29. The van der Waals surface area contributed by atoms with Gasteiger partial charge in [-0.3, -0.25) is 4.79 Å². The summed E-state index contributed by atoms with van der Waals surface area (Å²) < 4.78 is 5.51. The van der Waals surface area contributed by atoms with Crippen LogP contribution in [0, 0.1) is 0 Å². The topological polar surface area (TPSA) is 46.5 Å². The summed E-state index contributed by atoms with van der Waals surface area (Å²) in [6.45, 7) is 6.11. The van der Waals surface area contributed by atoms with Crippen molar-refractivity contribution in [3.63, 3.8) is 0 Å². The second kappa shape index (κ2) is 6.80. The molecule has 19 heavy (non-hydrogen) atoms. The molecule has 0 bridgehead atoms. The Morgan fingerprint density at radius 3 is 2.37 bits per heavy atom. The second-order valence-electron chi connectivity index (χ2n) is 4.98. The molecule has 0 spiro atoms. The highest BCUT2D eigenvalue weighted by Gasteiger charge is 2.22. The van der Waals surface area contributed by atoms with Crippen LogP contribution in [0.3, 0.4) is 0 Å². The van der Waals surface area contributed by atoms with Crippen LogP contribution in [0.15, 0.2) is 12.1 Å². The summed E-state index contributed by atoms with van der Waals surface area (Å²) in [5, 5.41) is 9.64. The van der Waals surface area contributed by atoms with E-state index in [0.29, 0.717) is 5.02 Å². The molecule has 0 heterocycles. The minimum atomic E-state index is -0.806. The van der Waals surface area contributed by atoms with Crippen molar-refractivity contribution in [3.05, 3.63) is 28.3 Å². The average molecular weight is 285 g/mol. The first-order valence-electron chi connectivity index (χ1n) is 6.49. The SMILES string of the molecule is CCC(CC(=O)O)c1cc(Cl)cc(C(C)C)c1OC. The fourth-order valence-electron chi connectivity index (χ4n) is 2.29. The number of aliphatic carboxylic acids is 1. The first kappa shape index (κ1) is 15.8. The Morgan fingerprint density at radius 2 is 1.95 bits per heavy atom. The first-order valence-corrected chi connectivity index (χ1v) is 6.87. The Balaban J connectivity index is 3.35. The van der Waals surface area contributed by atoms with E-state index in [0.717, 1.165) is 23.3 Å². The van der Waals surface area contributed by atoms with E-state index in [1.165, 1.54) is 0 Å². The van der Waals surface area contributed by atoms with Crippen LogP contribution < -0.4 is 4.74 Å². The molecule has 3 nitrogen and oxygen atoms in total. The van der Waals surface area contributed by atoms with Crippen molar-refractivity contribution < 1.29 is 14.6 Å². The van der Waals surface area contributed by atoms with E-state index in [9.17, 15) is 4.79 Å². The molecule has 0 aliphatic heterocycles. The summed E-state index contributed by atoms with van der Waals surface area (Å²) in [5.74, 6) is 0.158. The van der Waals surface area contributed by atoms with Crippen molar-refractivity contribution >= 4 is 17.6 Å². The van der Waals surface area contributed by atoms with Gasteiger partial charge in [0, 0.05) is 5.02 Å². The maximum Gasteiger partial charge on any atom is 0.303 e. The van der Waals surface area contributed by atoms with Gasteiger partial charge in [-0.1, -0.05) is 32.4 Å². The number of methoxy groups -OCH3 is 1. The van der Waals surface area contributed by atoms with E-state index < -0.39 is 5.97 Å². The van der Waals surface area contributed by atoms with Crippen molar-refractivity contribution in [2.75, 3.05) is 7.11 Å². The molecule has 1 aromatic carbocycles. The fourth-order valence-corrected chi connectivity index (χ4v) is 2.52. The van der Waals surface area contributed by atoms with Gasteiger partial charge in [0.05, 0.1) is 13.5 Å². The number of carboxylic acids is 1. The number of rotatable bonds is 6. The summed E-state index contributed by atoms with van der Waals surface area (Å²) in [6.07, 6.45) is 0.825. The van der Waals surface area contributed by atoms with Gasteiger partial charge in [0.25, 0.3) is 0 Å². The third kappa shape index (κ3) is 3.87. The Morgan fingerprint density at radius 1 is 1.37 bits per heavy atom. The van der Waals surface area contributed by atoms with Crippen molar-refractivity contribution in [1.29, 1.82) is 0 Å². The molecule has 0 aromatic heterocycles. The Bertz CT molecular complexity index is 455. The van der Waals surface area contributed by atoms with E-state index in [4.69, 9.17) is 21.4 Å². The Kier molecular flexibility index (Phi) is 5.67. The normalized spacial score (nSPS) is 12.5. The lowest BCUT2D eigenvalue weighted by Gasteiger charge is -2.21. The zero-order valence-electron chi connectivity index (χ0n) is 11.9. The van der Waals surface area contributed by atoms with Gasteiger partial charge >= 0.3 is 5.97 Å². The largest absolute Gasteiger partial charge is 0.496 e. The van der Waals surface area contributed by atoms with Gasteiger partial charge in [-0.2, -0.15) is 0 Å². The smallest absolute Gasteiger partial charge is 0.303 e. The number of carbonyl (C=O) groups is 1. The number of ether oxygens (including phenoxy) is 1. The van der Waals surface area contributed by atoms with Crippen LogP contribution in [0.4, 0.5) is 0 Å². The van der Waals surface area contributed by atoms with Crippen LogP contribution >= 0.6 is 11.6 Å². The van der Waals surface area contributed by atoms with Gasteiger partial charge in [0.15, 0.2) is 0 Å². The number of benzene rings is 1. The van der Waals surface area contributed by atoms with E-state index >= 15 is 0 Å². The minimum absolute atomic E-state index is 0.0800. The van der Waals surface area contributed by atoms with Gasteiger partial charge in [0.2, 0.25) is 0 Å². The number of hydrogen-bond acceptors (Lipinski definition) is 2. The summed E-state index contributed by atoms with van der Waals surface area (Å²) in [7, 11) is 1.62. The summed E-state index contributed by atoms with van der Waals surface area (Å²) in [6, 6.07) is 3.71. The Labute approximate surface area is 119 Å². The molecule has 0 aliphatic rings. The lowest BCUT2D eigenvalue weighted by molar-refractivity contribution is -0.137.